The summed E-state index contributed by atoms with van der Waals surface area (Å²) in [6.07, 6.45) is 1.26. The van der Waals surface area contributed by atoms with Crippen LogP contribution in [-0.2, 0) is 14.3 Å². The molecule has 0 radical (unpaired) electrons. The molecule has 5 nitrogen and oxygen atoms in total. The number of carbonyl (C=O) groups is 2. The van der Waals surface area contributed by atoms with Crippen LogP contribution in [-0.4, -0.2) is 40.2 Å². The number of likely N-dealkylation sites (tertiary alicyclic amines) is 1. The quantitative estimate of drug-likeness (QED) is 0.694. The van der Waals surface area contributed by atoms with Crippen molar-refractivity contribution in [2.75, 3.05) is 0 Å². The maximum absolute atomic E-state index is 12.3. The Morgan fingerprint density at radius 2 is 1.50 bits per heavy atom. The third-order valence-corrected chi connectivity index (χ3v) is 3.39. The third-order valence-electron chi connectivity index (χ3n) is 3.39. The highest BCUT2D eigenvalue weighted by molar-refractivity contribution is 5.83. The molecule has 1 aliphatic heterocycles. The van der Waals surface area contributed by atoms with Crippen LogP contribution in [0.15, 0.2) is 0 Å². The first kappa shape index (κ1) is 15.1. The van der Waals surface area contributed by atoms with Crippen LogP contribution in [0.4, 0.5) is 4.79 Å². The molecule has 0 N–H and O–H groups in total. The predicted molar refractivity (Wildman–Crippen MR) is 74.2 cm³/mol. The molecular formula is C15H25NO4. The molecule has 5 heteroatoms. The molecule has 1 amide bonds. The average Bonchev–Trinajstić information content (AvgIpc) is 2.83. The minimum Gasteiger partial charge on any atom is -0.458 e. The van der Waals surface area contributed by atoms with Crippen LogP contribution in [0.1, 0.15) is 54.4 Å². The fraction of sp³-hybridized carbons (Fsp3) is 0.867. The standard InChI is InChI=1S/C15H25NO4/c1-14(2,3)19-12(17)11-8-9-7-10(9)16(11)13(18)20-15(4,5)6/h9-11H,7-8H2,1-6H3/t9-,10+,11-/m0/s1. The van der Waals surface area contributed by atoms with Crippen LogP contribution >= 0.6 is 0 Å². The Kier molecular flexibility index (Phi) is 3.51. The van der Waals surface area contributed by atoms with Gasteiger partial charge in [-0.15, -0.1) is 0 Å². The fourth-order valence-corrected chi connectivity index (χ4v) is 2.61. The van der Waals surface area contributed by atoms with Crippen LogP contribution in [0.3, 0.4) is 0 Å². The lowest BCUT2D eigenvalue weighted by atomic mass is 10.1. The number of hydrogen-bond acceptors (Lipinski definition) is 4. The Bertz CT molecular complexity index is 419. The second-order valence-corrected chi connectivity index (χ2v) is 7.74. The zero-order valence-electron chi connectivity index (χ0n) is 13.2. The van der Waals surface area contributed by atoms with E-state index in [1.165, 1.54) is 0 Å². The summed E-state index contributed by atoms with van der Waals surface area (Å²) in [6, 6.07) is -0.338. The van der Waals surface area contributed by atoms with E-state index in [9.17, 15) is 9.59 Å². The molecule has 0 aromatic rings. The van der Waals surface area contributed by atoms with Crippen molar-refractivity contribution in [3.8, 4) is 0 Å². The molecule has 0 bridgehead atoms. The van der Waals surface area contributed by atoms with E-state index in [2.05, 4.69) is 0 Å². The van der Waals surface area contributed by atoms with Crippen molar-refractivity contribution in [2.24, 2.45) is 5.92 Å². The number of ether oxygens (including phenoxy) is 2. The van der Waals surface area contributed by atoms with Crippen LogP contribution in [0.2, 0.25) is 0 Å². The number of amides is 1. The lowest BCUT2D eigenvalue weighted by Gasteiger charge is -2.31. The summed E-state index contributed by atoms with van der Waals surface area (Å²) >= 11 is 0. The van der Waals surface area contributed by atoms with Crippen LogP contribution < -0.4 is 0 Å². The molecule has 3 atom stereocenters. The first-order valence-electron chi connectivity index (χ1n) is 7.22. The van der Waals surface area contributed by atoms with Gasteiger partial charge in [-0.05, 0) is 60.3 Å². The van der Waals surface area contributed by atoms with Gasteiger partial charge in [0.2, 0.25) is 0 Å². The van der Waals surface area contributed by atoms with E-state index in [0.717, 1.165) is 6.42 Å². The highest BCUT2D eigenvalue weighted by Crippen LogP contribution is 2.48. The SMILES string of the molecule is CC(C)(C)OC(=O)[C@@H]1C[C@@H]2C[C@H]2N1C(=O)OC(C)(C)C. The molecule has 0 unspecified atom stereocenters. The first-order valence-corrected chi connectivity index (χ1v) is 7.22. The van der Waals surface area contributed by atoms with Crippen molar-refractivity contribution in [3.63, 3.8) is 0 Å². The second kappa shape index (κ2) is 4.64. The molecule has 2 fully saturated rings. The summed E-state index contributed by atoms with van der Waals surface area (Å²) in [5.41, 5.74) is -1.09. The van der Waals surface area contributed by atoms with Gasteiger partial charge in [-0.3, -0.25) is 4.90 Å². The Morgan fingerprint density at radius 1 is 0.950 bits per heavy atom. The Hall–Kier alpha value is -1.26. The first-order chi connectivity index (χ1) is 8.98. The smallest absolute Gasteiger partial charge is 0.411 e. The number of esters is 1. The molecule has 1 saturated heterocycles. The largest absolute Gasteiger partial charge is 0.458 e. The van der Waals surface area contributed by atoms with Gasteiger partial charge in [-0.2, -0.15) is 0 Å². The number of hydrogen-bond donors (Lipinski definition) is 0. The van der Waals surface area contributed by atoms with Crippen LogP contribution in [0.25, 0.3) is 0 Å². The Balaban J connectivity index is 2.06. The summed E-state index contributed by atoms with van der Waals surface area (Å²) < 4.78 is 10.8. The van der Waals surface area contributed by atoms with Crippen molar-refractivity contribution < 1.29 is 19.1 Å². The summed E-state index contributed by atoms with van der Waals surface area (Å²) in [5.74, 6) is 0.107. The third kappa shape index (κ3) is 3.44. The van der Waals surface area contributed by atoms with E-state index >= 15 is 0 Å². The molecule has 2 rings (SSSR count). The molecule has 0 aromatic heterocycles. The molecule has 2 aliphatic rings. The molecule has 1 aliphatic carbocycles. The van der Waals surface area contributed by atoms with Crippen molar-refractivity contribution >= 4 is 12.1 Å². The normalized spacial score (nSPS) is 28.9. The molecule has 1 saturated carbocycles. The maximum Gasteiger partial charge on any atom is 0.411 e. The van der Waals surface area contributed by atoms with E-state index < -0.39 is 23.3 Å². The highest BCUT2D eigenvalue weighted by Gasteiger charge is 2.58. The zero-order chi connectivity index (χ0) is 15.3. The summed E-state index contributed by atoms with van der Waals surface area (Å²) in [7, 11) is 0. The molecule has 114 valence electrons. The number of carbonyl (C=O) groups excluding carboxylic acids is 2. The minimum atomic E-state index is -0.553. The van der Waals surface area contributed by atoms with Gasteiger partial charge in [0.15, 0.2) is 0 Å². The van der Waals surface area contributed by atoms with E-state index in [-0.39, 0.29) is 12.0 Å². The molecule has 1 heterocycles. The maximum atomic E-state index is 12.3. The number of nitrogens with zero attached hydrogens (tertiary/aromatic N) is 1. The number of fused-ring (bicyclic) bond motifs is 1. The Morgan fingerprint density at radius 3 is 2.00 bits per heavy atom. The van der Waals surface area contributed by atoms with E-state index in [1.54, 1.807) is 4.90 Å². The van der Waals surface area contributed by atoms with Crippen molar-refractivity contribution in [3.05, 3.63) is 0 Å². The van der Waals surface area contributed by atoms with Crippen molar-refractivity contribution in [1.29, 1.82) is 0 Å². The Labute approximate surface area is 120 Å². The number of piperidine rings is 1. The van der Waals surface area contributed by atoms with E-state index in [1.807, 2.05) is 41.5 Å². The van der Waals surface area contributed by atoms with Gasteiger partial charge in [-0.25, -0.2) is 9.59 Å². The summed E-state index contributed by atoms with van der Waals surface area (Å²) in [4.78, 5) is 26.1. The molecular weight excluding hydrogens is 258 g/mol. The highest BCUT2D eigenvalue weighted by atomic mass is 16.6. The van der Waals surface area contributed by atoms with Gasteiger partial charge < -0.3 is 9.47 Å². The summed E-state index contributed by atoms with van der Waals surface area (Å²) in [6.45, 7) is 11.0. The molecule has 0 spiro atoms. The monoisotopic (exact) mass is 283 g/mol. The van der Waals surface area contributed by atoms with Gasteiger partial charge in [-0.1, -0.05) is 0 Å². The van der Waals surface area contributed by atoms with Crippen LogP contribution in [0, 0.1) is 5.92 Å². The van der Waals surface area contributed by atoms with E-state index in [4.69, 9.17) is 9.47 Å². The molecule has 20 heavy (non-hydrogen) atoms. The van der Waals surface area contributed by atoms with Gasteiger partial charge >= 0.3 is 12.1 Å². The molecule has 0 aromatic carbocycles. The second-order valence-electron chi connectivity index (χ2n) is 7.74. The van der Waals surface area contributed by atoms with Crippen molar-refractivity contribution in [2.45, 2.75) is 77.7 Å². The average molecular weight is 283 g/mol. The lowest BCUT2D eigenvalue weighted by molar-refractivity contribution is -0.160. The number of rotatable bonds is 1. The van der Waals surface area contributed by atoms with E-state index in [0.29, 0.717) is 12.3 Å². The van der Waals surface area contributed by atoms with Gasteiger partial charge in [0, 0.05) is 6.04 Å². The summed E-state index contributed by atoms with van der Waals surface area (Å²) in [5, 5.41) is 0. The van der Waals surface area contributed by atoms with Crippen molar-refractivity contribution in [1.82, 2.24) is 4.90 Å². The topological polar surface area (TPSA) is 55.8 Å². The fourth-order valence-electron chi connectivity index (χ4n) is 2.61. The van der Waals surface area contributed by atoms with Gasteiger partial charge in [0.05, 0.1) is 0 Å². The van der Waals surface area contributed by atoms with Crippen LogP contribution in [0.5, 0.6) is 0 Å². The van der Waals surface area contributed by atoms with Gasteiger partial charge in [0.25, 0.3) is 0 Å². The predicted octanol–water partition coefficient (Wildman–Crippen LogP) is 2.73. The van der Waals surface area contributed by atoms with Gasteiger partial charge in [0.1, 0.15) is 17.2 Å². The minimum absolute atomic E-state index is 0.155. The lowest BCUT2D eigenvalue weighted by Crippen LogP contribution is -2.47. The zero-order valence-corrected chi connectivity index (χ0v) is 13.2.